The SMILES string of the molecule is CCOC(=O)c1nn(C)c2c(=O)n(C3OC(CO)C(O)C3O)nnc12. The summed E-state index contributed by atoms with van der Waals surface area (Å²) in [6, 6.07) is 0. The Morgan fingerprint density at radius 2 is 2.08 bits per heavy atom. The lowest BCUT2D eigenvalue weighted by molar-refractivity contribution is -0.0619. The molecule has 1 aliphatic heterocycles. The topological polar surface area (TPSA) is 162 Å². The lowest BCUT2D eigenvalue weighted by atomic mass is 10.1. The summed E-state index contributed by atoms with van der Waals surface area (Å²) in [6.07, 6.45) is -5.27. The number of nitrogens with zero attached hydrogens (tertiary/aromatic N) is 5. The normalized spacial score (nSPS) is 26.3. The molecule has 0 spiro atoms. The molecule has 3 rings (SSSR count). The molecule has 1 aliphatic rings. The summed E-state index contributed by atoms with van der Waals surface area (Å²) in [7, 11) is 1.44. The fourth-order valence-electron chi connectivity index (χ4n) is 2.67. The zero-order valence-corrected chi connectivity index (χ0v) is 13.4. The fourth-order valence-corrected chi connectivity index (χ4v) is 2.67. The van der Waals surface area contributed by atoms with Crippen LogP contribution in [0.2, 0.25) is 0 Å². The molecule has 12 heteroatoms. The van der Waals surface area contributed by atoms with E-state index in [1.807, 2.05) is 0 Å². The molecule has 1 saturated heterocycles. The summed E-state index contributed by atoms with van der Waals surface area (Å²) in [5.74, 6) is -0.743. The number of hydrogen-bond donors (Lipinski definition) is 3. The fraction of sp³-hybridized carbons (Fsp3) is 0.615. The molecule has 4 unspecified atom stereocenters. The van der Waals surface area contributed by atoms with Crippen molar-refractivity contribution < 1.29 is 29.6 Å². The van der Waals surface area contributed by atoms with E-state index in [0.29, 0.717) is 0 Å². The zero-order chi connectivity index (χ0) is 18.3. The molecule has 1 fully saturated rings. The van der Waals surface area contributed by atoms with Gasteiger partial charge in [0.1, 0.15) is 18.3 Å². The highest BCUT2D eigenvalue weighted by Crippen LogP contribution is 2.27. The Bertz CT molecular complexity index is 862. The van der Waals surface area contributed by atoms with Crippen molar-refractivity contribution >= 4 is 17.0 Å². The van der Waals surface area contributed by atoms with Gasteiger partial charge in [-0.2, -0.15) is 9.78 Å². The third kappa shape index (κ3) is 2.68. The van der Waals surface area contributed by atoms with E-state index in [-0.39, 0.29) is 23.3 Å². The zero-order valence-electron chi connectivity index (χ0n) is 13.4. The van der Waals surface area contributed by atoms with Crippen molar-refractivity contribution in [1.29, 1.82) is 0 Å². The smallest absolute Gasteiger partial charge is 0.361 e. The van der Waals surface area contributed by atoms with E-state index in [0.717, 1.165) is 9.36 Å². The van der Waals surface area contributed by atoms with Gasteiger partial charge in [0.15, 0.2) is 23.0 Å². The van der Waals surface area contributed by atoms with Crippen LogP contribution in [-0.2, 0) is 16.5 Å². The number of hydrogen-bond acceptors (Lipinski definition) is 10. The number of fused-ring (bicyclic) bond motifs is 1. The van der Waals surface area contributed by atoms with Crippen molar-refractivity contribution in [3.63, 3.8) is 0 Å². The number of aryl methyl sites for hydroxylation is 1. The van der Waals surface area contributed by atoms with Crippen LogP contribution in [0.4, 0.5) is 0 Å². The molecule has 0 bridgehead atoms. The first-order chi connectivity index (χ1) is 11.9. The van der Waals surface area contributed by atoms with Gasteiger partial charge in [0, 0.05) is 7.05 Å². The molecule has 0 radical (unpaired) electrons. The second kappa shape index (κ2) is 6.48. The molecule has 0 aliphatic carbocycles. The largest absolute Gasteiger partial charge is 0.461 e. The Morgan fingerprint density at radius 3 is 2.68 bits per heavy atom. The number of aliphatic hydroxyl groups is 3. The van der Waals surface area contributed by atoms with Gasteiger partial charge in [-0.05, 0) is 6.92 Å². The number of carbonyl (C=O) groups excluding carboxylic acids is 1. The van der Waals surface area contributed by atoms with Crippen molar-refractivity contribution in [2.45, 2.75) is 31.5 Å². The maximum atomic E-state index is 12.7. The quantitative estimate of drug-likeness (QED) is 0.492. The molecule has 25 heavy (non-hydrogen) atoms. The van der Waals surface area contributed by atoms with Gasteiger partial charge >= 0.3 is 5.97 Å². The maximum Gasteiger partial charge on any atom is 0.361 e. The highest BCUT2D eigenvalue weighted by molar-refractivity contribution is 5.99. The predicted molar refractivity (Wildman–Crippen MR) is 79.5 cm³/mol. The van der Waals surface area contributed by atoms with Gasteiger partial charge in [-0.3, -0.25) is 9.48 Å². The highest BCUT2D eigenvalue weighted by Gasteiger charge is 2.44. The first-order valence-corrected chi connectivity index (χ1v) is 7.52. The Labute approximate surface area is 140 Å². The minimum atomic E-state index is -1.49. The van der Waals surface area contributed by atoms with Gasteiger partial charge in [-0.25, -0.2) is 4.79 Å². The molecule has 12 nitrogen and oxygen atoms in total. The number of ether oxygens (including phenoxy) is 2. The number of esters is 1. The van der Waals surface area contributed by atoms with Crippen LogP contribution in [0.15, 0.2) is 4.79 Å². The van der Waals surface area contributed by atoms with Crippen molar-refractivity contribution in [3.05, 3.63) is 16.0 Å². The summed E-state index contributed by atoms with van der Waals surface area (Å²) in [4.78, 5) is 24.6. The third-order valence-corrected chi connectivity index (χ3v) is 3.90. The average molecular weight is 355 g/mol. The van der Waals surface area contributed by atoms with E-state index >= 15 is 0 Å². The van der Waals surface area contributed by atoms with E-state index in [4.69, 9.17) is 14.6 Å². The summed E-state index contributed by atoms with van der Waals surface area (Å²) in [5, 5.41) is 40.4. The van der Waals surface area contributed by atoms with Crippen LogP contribution in [0.1, 0.15) is 23.6 Å². The molecule has 136 valence electrons. The van der Waals surface area contributed by atoms with E-state index < -0.39 is 42.7 Å². The number of carbonyl (C=O) groups is 1. The Morgan fingerprint density at radius 1 is 1.36 bits per heavy atom. The Balaban J connectivity index is 2.09. The minimum Gasteiger partial charge on any atom is -0.461 e. The lowest BCUT2D eigenvalue weighted by Gasteiger charge is -2.15. The van der Waals surface area contributed by atoms with Crippen LogP contribution in [0.5, 0.6) is 0 Å². The van der Waals surface area contributed by atoms with E-state index in [2.05, 4.69) is 15.4 Å². The average Bonchev–Trinajstić information content (AvgIpc) is 3.07. The Kier molecular flexibility index (Phi) is 4.51. The minimum absolute atomic E-state index is 0.0456. The van der Waals surface area contributed by atoms with Gasteiger partial charge in [-0.15, -0.1) is 5.10 Å². The van der Waals surface area contributed by atoms with E-state index in [9.17, 15) is 19.8 Å². The van der Waals surface area contributed by atoms with E-state index in [1.54, 1.807) is 6.92 Å². The van der Waals surface area contributed by atoms with Crippen molar-refractivity contribution in [1.82, 2.24) is 24.8 Å². The first-order valence-electron chi connectivity index (χ1n) is 7.52. The monoisotopic (exact) mass is 355 g/mol. The predicted octanol–water partition coefficient (Wildman–Crippen LogP) is -2.69. The number of rotatable bonds is 4. The van der Waals surface area contributed by atoms with Crippen molar-refractivity contribution in [3.8, 4) is 0 Å². The van der Waals surface area contributed by atoms with Crippen LogP contribution in [-0.4, -0.2) is 77.6 Å². The number of aromatic nitrogens is 5. The first kappa shape index (κ1) is 17.4. The second-order valence-corrected chi connectivity index (χ2v) is 5.46. The van der Waals surface area contributed by atoms with Crippen LogP contribution in [0, 0.1) is 0 Å². The van der Waals surface area contributed by atoms with Gasteiger partial charge in [0.25, 0.3) is 5.56 Å². The molecule has 2 aromatic heterocycles. The second-order valence-electron chi connectivity index (χ2n) is 5.46. The summed E-state index contributed by atoms with van der Waals surface area (Å²) in [5.41, 5.74) is -0.979. The van der Waals surface area contributed by atoms with Crippen LogP contribution in [0.25, 0.3) is 11.0 Å². The molecule has 3 N–H and O–H groups in total. The molecular weight excluding hydrogens is 338 g/mol. The molecule has 3 heterocycles. The lowest BCUT2D eigenvalue weighted by Crippen LogP contribution is -2.37. The third-order valence-electron chi connectivity index (χ3n) is 3.90. The van der Waals surface area contributed by atoms with Crippen LogP contribution in [0.3, 0.4) is 0 Å². The molecule has 0 aromatic carbocycles. The van der Waals surface area contributed by atoms with Crippen LogP contribution >= 0.6 is 0 Å². The molecule has 2 aromatic rings. The molecular formula is C13H17N5O7. The summed E-state index contributed by atoms with van der Waals surface area (Å²) >= 11 is 0. The summed E-state index contributed by atoms with van der Waals surface area (Å²) < 4.78 is 12.0. The summed E-state index contributed by atoms with van der Waals surface area (Å²) in [6.45, 7) is 1.21. The van der Waals surface area contributed by atoms with Crippen molar-refractivity contribution in [2.24, 2.45) is 7.05 Å². The van der Waals surface area contributed by atoms with Gasteiger partial charge in [0.2, 0.25) is 0 Å². The highest BCUT2D eigenvalue weighted by atomic mass is 16.6. The Hall–Kier alpha value is -2.41. The standard InChI is InChI=1S/C13H17N5O7/c1-3-24-13(23)7-6-8(17(2)15-7)11(22)18(16-14-6)12-10(21)9(20)5(4-19)25-12/h5,9-10,12,19-21H,3-4H2,1-2H3. The van der Waals surface area contributed by atoms with Crippen LogP contribution < -0.4 is 5.56 Å². The van der Waals surface area contributed by atoms with Gasteiger partial charge in [0.05, 0.1) is 13.2 Å². The number of aliphatic hydroxyl groups excluding tert-OH is 3. The van der Waals surface area contributed by atoms with E-state index in [1.165, 1.54) is 7.05 Å². The maximum absolute atomic E-state index is 12.7. The molecule has 0 amide bonds. The van der Waals surface area contributed by atoms with Crippen molar-refractivity contribution in [2.75, 3.05) is 13.2 Å². The molecule has 4 atom stereocenters. The van der Waals surface area contributed by atoms with Gasteiger partial charge < -0.3 is 24.8 Å². The van der Waals surface area contributed by atoms with Gasteiger partial charge in [-0.1, -0.05) is 5.21 Å². The molecule has 0 saturated carbocycles.